The van der Waals surface area contributed by atoms with E-state index in [1.54, 1.807) is 6.07 Å². The van der Waals surface area contributed by atoms with E-state index >= 15 is 0 Å². The van der Waals surface area contributed by atoms with Crippen molar-refractivity contribution in [1.29, 1.82) is 5.26 Å². The third kappa shape index (κ3) is 2.30. The zero-order chi connectivity index (χ0) is 14.8. The lowest BCUT2D eigenvalue weighted by Gasteiger charge is -2.08. The molecule has 0 atom stereocenters. The minimum absolute atomic E-state index is 0.274. The zero-order valence-corrected chi connectivity index (χ0v) is 11.1. The van der Waals surface area contributed by atoms with Crippen molar-refractivity contribution in [3.8, 4) is 6.07 Å². The van der Waals surface area contributed by atoms with E-state index in [9.17, 15) is 9.18 Å². The van der Waals surface area contributed by atoms with E-state index in [2.05, 4.69) is 0 Å². The van der Waals surface area contributed by atoms with Crippen LogP contribution in [-0.4, -0.2) is 10.9 Å². The first kappa shape index (κ1) is 13.1. The van der Waals surface area contributed by atoms with Crippen molar-refractivity contribution in [2.24, 2.45) is 0 Å². The van der Waals surface area contributed by atoms with Gasteiger partial charge in [0.15, 0.2) is 6.29 Å². The summed E-state index contributed by atoms with van der Waals surface area (Å²) in [5.74, 6) is -0.362. The Hall–Kier alpha value is -2.93. The van der Waals surface area contributed by atoms with E-state index < -0.39 is 0 Å². The van der Waals surface area contributed by atoms with Gasteiger partial charge in [0, 0.05) is 22.7 Å². The normalized spacial score (nSPS) is 10.5. The molecule has 2 aromatic carbocycles. The van der Waals surface area contributed by atoms with Gasteiger partial charge in [0.2, 0.25) is 0 Å². The van der Waals surface area contributed by atoms with Gasteiger partial charge < -0.3 is 4.57 Å². The summed E-state index contributed by atoms with van der Waals surface area (Å²) in [5.41, 5.74) is 2.18. The Balaban J connectivity index is 2.11. The third-order valence-corrected chi connectivity index (χ3v) is 3.46. The highest BCUT2D eigenvalue weighted by molar-refractivity contribution is 5.96. The van der Waals surface area contributed by atoms with E-state index in [4.69, 9.17) is 5.26 Å². The van der Waals surface area contributed by atoms with Gasteiger partial charge in [-0.15, -0.1) is 0 Å². The van der Waals surface area contributed by atoms with E-state index in [1.165, 1.54) is 18.2 Å². The summed E-state index contributed by atoms with van der Waals surface area (Å²) >= 11 is 0. The first-order valence-electron chi connectivity index (χ1n) is 6.44. The number of nitrogens with zero attached hydrogens (tertiary/aromatic N) is 2. The Kier molecular flexibility index (Phi) is 3.25. The molecular weight excluding hydrogens is 267 g/mol. The van der Waals surface area contributed by atoms with Crippen LogP contribution in [0, 0.1) is 17.1 Å². The summed E-state index contributed by atoms with van der Waals surface area (Å²) < 4.78 is 15.7. The lowest BCUT2D eigenvalue weighted by Crippen LogP contribution is -2.02. The predicted octanol–water partition coefficient (Wildman–Crippen LogP) is 3.51. The smallest absolute Gasteiger partial charge is 0.152 e. The van der Waals surface area contributed by atoms with Crippen LogP contribution in [0.5, 0.6) is 0 Å². The molecule has 0 N–H and O–H groups in total. The molecular formula is C17H11FN2O. The lowest BCUT2D eigenvalue weighted by molar-refractivity contribution is 0.112. The molecule has 21 heavy (non-hydrogen) atoms. The van der Waals surface area contributed by atoms with Gasteiger partial charge in [-0.05, 0) is 30.3 Å². The molecule has 0 radical (unpaired) electrons. The molecule has 3 aromatic rings. The Morgan fingerprint density at radius 2 is 2.10 bits per heavy atom. The molecule has 3 nitrogen and oxygen atoms in total. The highest BCUT2D eigenvalue weighted by atomic mass is 19.1. The van der Waals surface area contributed by atoms with Crippen molar-refractivity contribution in [2.75, 3.05) is 0 Å². The minimum Gasteiger partial charge on any atom is -0.342 e. The van der Waals surface area contributed by atoms with Gasteiger partial charge in [0.1, 0.15) is 5.82 Å². The number of aldehydes is 1. The average molecular weight is 278 g/mol. The molecule has 0 saturated carbocycles. The van der Waals surface area contributed by atoms with Gasteiger partial charge in [-0.1, -0.05) is 12.1 Å². The lowest BCUT2D eigenvalue weighted by atomic mass is 10.1. The summed E-state index contributed by atoms with van der Waals surface area (Å²) in [7, 11) is 0. The Bertz CT molecular complexity index is 874. The number of aromatic nitrogens is 1. The fraction of sp³-hybridized carbons (Fsp3) is 0.0588. The number of carbonyl (C=O) groups excluding carboxylic acids is 1. The van der Waals surface area contributed by atoms with E-state index in [1.807, 2.05) is 35.0 Å². The summed E-state index contributed by atoms with van der Waals surface area (Å²) in [6.07, 6.45) is 2.61. The monoisotopic (exact) mass is 278 g/mol. The van der Waals surface area contributed by atoms with Gasteiger partial charge in [0.05, 0.1) is 23.7 Å². The maximum atomic E-state index is 13.9. The molecule has 0 amide bonds. The van der Waals surface area contributed by atoms with E-state index in [0.29, 0.717) is 16.7 Å². The average Bonchev–Trinajstić information content (AvgIpc) is 2.92. The summed E-state index contributed by atoms with van der Waals surface area (Å²) in [6, 6.07) is 13.6. The first-order chi connectivity index (χ1) is 10.2. The van der Waals surface area contributed by atoms with Gasteiger partial charge in [0.25, 0.3) is 0 Å². The number of hydrogen-bond acceptors (Lipinski definition) is 2. The molecule has 0 spiro atoms. The molecule has 0 fully saturated rings. The number of benzene rings is 2. The molecule has 1 aromatic heterocycles. The number of hydrogen-bond donors (Lipinski definition) is 0. The van der Waals surface area contributed by atoms with E-state index in [0.717, 1.165) is 17.2 Å². The van der Waals surface area contributed by atoms with Crippen molar-refractivity contribution in [3.63, 3.8) is 0 Å². The molecule has 1 heterocycles. The Morgan fingerprint density at radius 1 is 1.24 bits per heavy atom. The van der Waals surface area contributed by atoms with E-state index in [-0.39, 0.29) is 12.4 Å². The van der Waals surface area contributed by atoms with Crippen LogP contribution in [0.2, 0.25) is 0 Å². The number of rotatable bonds is 3. The molecule has 0 unspecified atom stereocenters. The molecule has 4 heteroatoms. The Morgan fingerprint density at radius 3 is 2.86 bits per heavy atom. The predicted molar refractivity (Wildman–Crippen MR) is 77.5 cm³/mol. The first-order valence-corrected chi connectivity index (χ1v) is 6.44. The van der Waals surface area contributed by atoms with Crippen LogP contribution in [0.4, 0.5) is 4.39 Å². The number of nitriles is 1. The second-order valence-corrected chi connectivity index (χ2v) is 4.76. The molecule has 0 aliphatic heterocycles. The largest absolute Gasteiger partial charge is 0.342 e. The van der Waals surface area contributed by atoms with Crippen molar-refractivity contribution >= 4 is 17.2 Å². The van der Waals surface area contributed by atoms with Crippen LogP contribution < -0.4 is 0 Å². The molecule has 3 rings (SSSR count). The van der Waals surface area contributed by atoms with Crippen LogP contribution in [0.1, 0.15) is 21.5 Å². The fourth-order valence-electron chi connectivity index (χ4n) is 2.47. The number of para-hydroxylation sites is 1. The molecule has 0 aliphatic carbocycles. The maximum absolute atomic E-state index is 13.9. The van der Waals surface area contributed by atoms with Crippen LogP contribution in [0.3, 0.4) is 0 Å². The number of halogens is 1. The van der Waals surface area contributed by atoms with Crippen molar-refractivity contribution in [1.82, 2.24) is 4.57 Å². The van der Waals surface area contributed by atoms with Crippen LogP contribution in [0.15, 0.2) is 48.7 Å². The molecule has 0 saturated heterocycles. The van der Waals surface area contributed by atoms with Crippen LogP contribution >= 0.6 is 0 Å². The SMILES string of the molecule is N#Cc1ccc(F)c(Cn2ccc3cccc(C=O)c32)c1. The highest BCUT2D eigenvalue weighted by Crippen LogP contribution is 2.21. The summed E-state index contributed by atoms with van der Waals surface area (Å²) in [5, 5.41) is 9.83. The molecule has 102 valence electrons. The summed E-state index contributed by atoms with van der Waals surface area (Å²) in [4.78, 5) is 11.2. The topological polar surface area (TPSA) is 45.8 Å². The van der Waals surface area contributed by atoms with Gasteiger partial charge >= 0.3 is 0 Å². The quantitative estimate of drug-likeness (QED) is 0.688. The van der Waals surface area contributed by atoms with Crippen LogP contribution in [0.25, 0.3) is 10.9 Å². The zero-order valence-electron chi connectivity index (χ0n) is 11.1. The van der Waals surface area contributed by atoms with Gasteiger partial charge in [-0.2, -0.15) is 5.26 Å². The number of fused-ring (bicyclic) bond motifs is 1. The number of carbonyl (C=O) groups is 1. The second kappa shape index (κ2) is 5.22. The fourth-order valence-corrected chi connectivity index (χ4v) is 2.47. The van der Waals surface area contributed by atoms with Gasteiger partial charge in [-0.25, -0.2) is 4.39 Å². The maximum Gasteiger partial charge on any atom is 0.152 e. The third-order valence-electron chi connectivity index (χ3n) is 3.46. The van der Waals surface area contributed by atoms with Crippen molar-refractivity contribution < 1.29 is 9.18 Å². The highest BCUT2D eigenvalue weighted by Gasteiger charge is 2.09. The second-order valence-electron chi connectivity index (χ2n) is 4.76. The molecule has 0 aliphatic rings. The van der Waals surface area contributed by atoms with Gasteiger partial charge in [-0.3, -0.25) is 4.79 Å². The van der Waals surface area contributed by atoms with Crippen molar-refractivity contribution in [3.05, 3.63) is 71.2 Å². The van der Waals surface area contributed by atoms with Crippen LogP contribution in [-0.2, 0) is 6.54 Å². The summed E-state index contributed by atoms with van der Waals surface area (Å²) in [6.45, 7) is 0.274. The standard InChI is InChI=1S/C17H11FN2O/c18-16-5-4-12(9-19)8-15(16)10-20-7-6-13-2-1-3-14(11-21)17(13)20/h1-8,11H,10H2. The molecule has 0 bridgehead atoms. The minimum atomic E-state index is -0.362. The van der Waals surface area contributed by atoms with Crippen molar-refractivity contribution in [2.45, 2.75) is 6.54 Å². The Labute approximate surface area is 120 Å².